The molecule has 0 amide bonds. The van der Waals surface area contributed by atoms with E-state index in [2.05, 4.69) is 4.98 Å². The first-order valence-electron chi connectivity index (χ1n) is 4.74. The molecular formula is C9H16N2O2S2. The fraction of sp³-hybridized carbons (Fsp3) is 0.667. The normalized spacial score (nSPS) is 14.1. The first kappa shape index (κ1) is 12.6. The summed E-state index contributed by atoms with van der Waals surface area (Å²) in [7, 11) is -2.86. The second-order valence-corrected chi connectivity index (χ2v) is 7.19. The van der Waals surface area contributed by atoms with E-state index < -0.39 is 9.84 Å². The molecule has 15 heavy (non-hydrogen) atoms. The van der Waals surface area contributed by atoms with E-state index in [1.165, 1.54) is 6.26 Å². The van der Waals surface area contributed by atoms with Crippen molar-refractivity contribution in [2.45, 2.75) is 25.8 Å². The Morgan fingerprint density at radius 2 is 2.27 bits per heavy atom. The third-order valence-electron chi connectivity index (χ3n) is 2.03. The molecule has 0 spiro atoms. The monoisotopic (exact) mass is 248 g/mol. The number of aryl methyl sites for hydroxylation is 1. The zero-order chi connectivity index (χ0) is 11.5. The molecule has 0 aliphatic rings. The van der Waals surface area contributed by atoms with Crippen LogP contribution >= 0.6 is 11.3 Å². The average molecular weight is 248 g/mol. The largest absolute Gasteiger partial charge is 0.323 e. The molecule has 0 fully saturated rings. The smallest absolute Gasteiger partial charge is 0.147 e. The average Bonchev–Trinajstić information content (AvgIpc) is 2.49. The van der Waals surface area contributed by atoms with Gasteiger partial charge in [0.25, 0.3) is 0 Å². The topological polar surface area (TPSA) is 73.0 Å². The summed E-state index contributed by atoms with van der Waals surface area (Å²) in [5.74, 6) is 0.207. The number of thiazole rings is 1. The lowest BCUT2D eigenvalue weighted by atomic mass is 10.1. The van der Waals surface area contributed by atoms with Gasteiger partial charge < -0.3 is 5.73 Å². The number of rotatable bonds is 5. The summed E-state index contributed by atoms with van der Waals surface area (Å²) in [4.78, 5) is 5.14. The van der Waals surface area contributed by atoms with Crippen LogP contribution in [0.5, 0.6) is 0 Å². The van der Waals surface area contributed by atoms with Crippen molar-refractivity contribution >= 4 is 21.2 Å². The van der Waals surface area contributed by atoms with Gasteiger partial charge >= 0.3 is 0 Å². The van der Waals surface area contributed by atoms with Crippen LogP contribution in [0.15, 0.2) is 6.20 Å². The Morgan fingerprint density at radius 1 is 1.60 bits per heavy atom. The molecule has 86 valence electrons. The molecule has 1 unspecified atom stereocenters. The van der Waals surface area contributed by atoms with Crippen molar-refractivity contribution in [1.82, 2.24) is 4.98 Å². The van der Waals surface area contributed by atoms with Crippen LogP contribution in [0, 0.1) is 6.92 Å². The van der Waals surface area contributed by atoms with Gasteiger partial charge in [-0.25, -0.2) is 13.4 Å². The zero-order valence-corrected chi connectivity index (χ0v) is 10.6. The second-order valence-electron chi connectivity index (χ2n) is 3.66. The Hall–Kier alpha value is -0.460. The van der Waals surface area contributed by atoms with E-state index in [-0.39, 0.29) is 11.8 Å². The lowest BCUT2D eigenvalue weighted by Gasteiger charge is -2.07. The first-order valence-corrected chi connectivity index (χ1v) is 7.62. The van der Waals surface area contributed by atoms with Gasteiger partial charge in [-0.05, 0) is 19.8 Å². The van der Waals surface area contributed by atoms with Crippen molar-refractivity contribution in [3.8, 4) is 0 Å². The highest BCUT2D eigenvalue weighted by molar-refractivity contribution is 7.90. The third kappa shape index (κ3) is 4.72. The highest BCUT2D eigenvalue weighted by Gasteiger charge is 2.10. The predicted octanol–water partition coefficient (Wildman–Crippen LogP) is 1.28. The third-order valence-corrected chi connectivity index (χ3v) is 4.11. The van der Waals surface area contributed by atoms with E-state index in [4.69, 9.17) is 5.73 Å². The van der Waals surface area contributed by atoms with Crippen LogP contribution in [0.4, 0.5) is 0 Å². The summed E-state index contributed by atoms with van der Waals surface area (Å²) in [6.07, 6.45) is 4.31. The van der Waals surface area contributed by atoms with Crippen LogP contribution in [0.2, 0.25) is 0 Å². The molecule has 1 rings (SSSR count). The van der Waals surface area contributed by atoms with Gasteiger partial charge in [-0.2, -0.15) is 0 Å². The Balaban J connectivity index is 2.40. The van der Waals surface area contributed by atoms with E-state index in [1.54, 1.807) is 17.5 Å². The SMILES string of the molecule is Cc1ncc(C(N)CCCS(C)(=O)=O)s1. The maximum Gasteiger partial charge on any atom is 0.147 e. The number of nitrogens with zero attached hydrogens (tertiary/aromatic N) is 1. The van der Waals surface area contributed by atoms with E-state index in [9.17, 15) is 8.42 Å². The lowest BCUT2D eigenvalue weighted by molar-refractivity contribution is 0.589. The molecule has 0 aliphatic heterocycles. The number of sulfone groups is 1. The molecule has 0 saturated carbocycles. The second kappa shape index (κ2) is 5.05. The molecule has 6 heteroatoms. The summed E-state index contributed by atoms with van der Waals surface area (Å²) >= 11 is 1.57. The maximum atomic E-state index is 10.9. The standard InChI is InChI=1S/C9H16N2O2S2/c1-7-11-6-9(14-7)8(10)4-3-5-15(2,12)13/h6,8H,3-5,10H2,1-2H3. The van der Waals surface area contributed by atoms with Gasteiger partial charge in [0.15, 0.2) is 0 Å². The van der Waals surface area contributed by atoms with Crippen LogP contribution < -0.4 is 5.73 Å². The Kier molecular flexibility index (Phi) is 4.24. The summed E-state index contributed by atoms with van der Waals surface area (Å²) < 4.78 is 21.8. The van der Waals surface area contributed by atoms with Crippen molar-refractivity contribution in [3.05, 3.63) is 16.1 Å². The van der Waals surface area contributed by atoms with Gasteiger partial charge in [0.1, 0.15) is 9.84 Å². The van der Waals surface area contributed by atoms with Crippen molar-refractivity contribution in [2.24, 2.45) is 5.73 Å². The summed E-state index contributed by atoms with van der Waals surface area (Å²) in [5, 5.41) is 0.989. The lowest BCUT2D eigenvalue weighted by Crippen LogP contribution is -2.11. The number of hydrogen-bond donors (Lipinski definition) is 1. The molecule has 0 saturated heterocycles. The van der Waals surface area contributed by atoms with Crippen LogP contribution in [-0.4, -0.2) is 25.4 Å². The Morgan fingerprint density at radius 3 is 2.73 bits per heavy atom. The van der Waals surface area contributed by atoms with Gasteiger partial charge in [-0.1, -0.05) is 0 Å². The van der Waals surface area contributed by atoms with Gasteiger partial charge in [-0.3, -0.25) is 0 Å². The van der Waals surface area contributed by atoms with E-state index >= 15 is 0 Å². The summed E-state index contributed by atoms with van der Waals surface area (Å²) in [5.41, 5.74) is 5.91. The van der Waals surface area contributed by atoms with Crippen molar-refractivity contribution < 1.29 is 8.42 Å². The maximum absolute atomic E-state index is 10.9. The number of aromatic nitrogens is 1. The minimum absolute atomic E-state index is 0.0852. The van der Waals surface area contributed by atoms with Gasteiger partial charge in [0.2, 0.25) is 0 Å². The predicted molar refractivity (Wildman–Crippen MR) is 62.7 cm³/mol. The molecule has 1 heterocycles. The van der Waals surface area contributed by atoms with Crippen LogP contribution in [0.25, 0.3) is 0 Å². The van der Waals surface area contributed by atoms with Crippen LogP contribution in [0.1, 0.15) is 28.8 Å². The molecule has 0 radical (unpaired) electrons. The van der Waals surface area contributed by atoms with Gasteiger partial charge in [-0.15, -0.1) is 11.3 Å². The molecule has 1 aromatic heterocycles. The van der Waals surface area contributed by atoms with Gasteiger partial charge in [0, 0.05) is 29.1 Å². The van der Waals surface area contributed by atoms with Gasteiger partial charge in [0.05, 0.1) is 5.01 Å². The number of hydrogen-bond acceptors (Lipinski definition) is 5. The fourth-order valence-electron chi connectivity index (χ4n) is 1.26. The molecule has 0 aliphatic carbocycles. The summed E-state index contributed by atoms with van der Waals surface area (Å²) in [6, 6.07) is -0.0852. The van der Waals surface area contributed by atoms with Crippen molar-refractivity contribution in [1.29, 1.82) is 0 Å². The van der Waals surface area contributed by atoms with E-state index in [0.29, 0.717) is 12.8 Å². The molecule has 4 nitrogen and oxygen atoms in total. The highest BCUT2D eigenvalue weighted by atomic mass is 32.2. The number of nitrogens with two attached hydrogens (primary N) is 1. The first-order chi connectivity index (χ1) is 6.88. The van der Waals surface area contributed by atoms with E-state index in [1.807, 2.05) is 6.92 Å². The van der Waals surface area contributed by atoms with Crippen molar-refractivity contribution in [3.63, 3.8) is 0 Å². The quantitative estimate of drug-likeness (QED) is 0.852. The minimum Gasteiger partial charge on any atom is -0.323 e. The molecule has 0 bridgehead atoms. The fourth-order valence-corrected chi connectivity index (χ4v) is 2.77. The van der Waals surface area contributed by atoms with Crippen LogP contribution in [0.3, 0.4) is 0 Å². The summed E-state index contributed by atoms with van der Waals surface area (Å²) in [6.45, 7) is 1.93. The molecule has 0 aromatic carbocycles. The Bertz CT molecular complexity index is 412. The molecule has 1 atom stereocenters. The van der Waals surface area contributed by atoms with E-state index in [0.717, 1.165) is 9.88 Å². The molecule has 1 aromatic rings. The zero-order valence-electron chi connectivity index (χ0n) is 8.93. The molecule has 2 N–H and O–H groups in total. The Labute approximate surface area is 94.4 Å². The van der Waals surface area contributed by atoms with Crippen LogP contribution in [-0.2, 0) is 9.84 Å². The van der Waals surface area contributed by atoms with Crippen molar-refractivity contribution in [2.75, 3.05) is 12.0 Å². The minimum atomic E-state index is -2.86. The highest BCUT2D eigenvalue weighted by Crippen LogP contribution is 2.22. The molecular weight excluding hydrogens is 232 g/mol.